The van der Waals surface area contributed by atoms with E-state index in [-0.39, 0.29) is 5.88 Å². The number of aryl methyl sites for hydroxylation is 1. The summed E-state index contributed by atoms with van der Waals surface area (Å²) >= 11 is 0. The molecule has 0 unspecified atom stereocenters. The Morgan fingerprint density at radius 2 is 2.23 bits per heavy atom. The molecule has 0 atom stereocenters. The molecule has 0 bridgehead atoms. The smallest absolute Gasteiger partial charge is 0.392 e. The Labute approximate surface area is 72.9 Å². The van der Waals surface area contributed by atoms with Gasteiger partial charge in [0.05, 0.1) is 13.0 Å². The Kier molecular flexibility index (Phi) is 2.79. The summed E-state index contributed by atoms with van der Waals surface area (Å²) in [5.41, 5.74) is 0.752. The van der Waals surface area contributed by atoms with Crippen molar-refractivity contribution in [1.29, 1.82) is 0 Å². The molecule has 1 heterocycles. The lowest BCUT2D eigenvalue weighted by atomic mass is 10.4. The molecule has 1 rings (SSSR count). The van der Waals surface area contributed by atoms with Gasteiger partial charge < -0.3 is 4.74 Å². The van der Waals surface area contributed by atoms with Gasteiger partial charge in [-0.1, -0.05) is 0 Å². The van der Waals surface area contributed by atoms with Crippen molar-refractivity contribution in [1.82, 2.24) is 10.2 Å². The molecule has 0 amide bonds. The molecule has 0 saturated heterocycles. The fourth-order valence-corrected chi connectivity index (χ4v) is 0.738. The van der Waals surface area contributed by atoms with Crippen molar-refractivity contribution in [2.24, 2.45) is 0 Å². The van der Waals surface area contributed by atoms with Crippen LogP contribution in [0.4, 0.5) is 13.2 Å². The van der Waals surface area contributed by atoms with Gasteiger partial charge in [0.2, 0.25) is 5.88 Å². The van der Waals surface area contributed by atoms with Gasteiger partial charge in [0.1, 0.15) is 0 Å². The van der Waals surface area contributed by atoms with Crippen LogP contribution < -0.4 is 4.74 Å². The zero-order valence-corrected chi connectivity index (χ0v) is 6.98. The number of halogens is 3. The van der Waals surface area contributed by atoms with E-state index in [9.17, 15) is 13.2 Å². The quantitative estimate of drug-likeness (QED) is 0.799. The predicted octanol–water partition coefficient (Wildman–Crippen LogP) is 2.05. The maximum Gasteiger partial charge on any atom is 0.392 e. The van der Waals surface area contributed by atoms with Crippen LogP contribution in [0.25, 0.3) is 0 Å². The number of rotatable bonds is 3. The first kappa shape index (κ1) is 9.88. The number of nitrogens with one attached hydrogen (secondary N) is 1. The SMILES string of the molecule is Cc1cc(OCCC(F)(F)F)n[nH]1. The molecule has 0 aromatic carbocycles. The fourth-order valence-electron chi connectivity index (χ4n) is 0.738. The van der Waals surface area contributed by atoms with E-state index < -0.39 is 19.2 Å². The van der Waals surface area contributed by atoms with E-state index in [2.05, 4.69) is 10.2 Å². The summed E-state index contributed by atoms with van der Waals surface area (Å²) in [6.45, 7) is 1.34. The number of ether oxygens (including phenoxy) is 1. The predicted molar refractivity (Wildman–Crippen MR) is 39.5 cm³/mol. The zero-order valence-electron chi connectivity index (χ0n) is 6.98. The molecule has 1 aromatic heterocycles. The average molecular weight is 194 g/mol. The first-order valence-corrected chi connectivity index (χ1v) is 3.69. The van der Waals surface area contributed by atoms with Gasteiger partial charge >= 0.3 is 6.18 Å². The molecule has 0 aliphatic rings. The molecule has 0 aliphatic carbocycles. The Hall–Kier alpha value is -1.20. The number of alkyl halides is 3. The summed E-state index contributed by atoms with van der Waals surface area (Å²) in [5.74, 6) is 0.196. The lowest BCUT2D eigenvalue weighted by Crippen LogP contribution is -2.13. The third-order valence-electron chi connectivity index (χ3n) is 1.32. The van der Waals surface area contributed by atoms with Crippen LogP contribution >= 0.6 is 0 Å². The Balaban J connectivity index is 2.28. The van der Waals surface area contributed by atoms with Gasteiger partial charge in [-0.2, -0.15) is 13.2 Å². The Bertz CT molecular complexity index is 269. The number of aromatic nitrogens is 2. The molecule has 3 nitrogen and oxygen atoms in total. The van der Waals surface area contributed by atoms with Crippen LogP contribution in [-0.4, -0.2) is 23.0 Å². The molecule has 0 fully saturated rings. The number of hydrogen-bond acceptors (Lipinski definition) is 2. The van der Waals surface area contributed by atoms with Crippen molar-refractivity contribution < 1.29 is 17.9 Å². The molecule has 6 heteroatoms. The minimum Gasteiger partial charge on any atom is -0.476 e. The summed E-state index contributed by atoms with van der Waals surface area (Å²) in [5, 5.41) is 6.18. The molecule has 0 spiro atoms. The summed E-state index contributed by atoms with van der Waals surface area (Å²) in [6.07, 6.45) is -5.13. The second kappa shape index (κ2) is 3.68. The van der Waals surface area contributed by atoms with E-state index in [4.69, 9.17) is 4.74 Å². The van der Waals surface area contributed by atoms with E-state index in [1.54, 1.807) is 6.92 Å². The van der Waals surface area contributed by atoms with Gasteiger partial charge in [-0.15, -0.1) is 5.10 Å². The first-order chi connectivity index (χ1) is 5.97. The van der Waals surface area contributed by atoms with Gasteiger partial charge in [-0.25, -0.2) is 0 Å². The van der Waals surface area contributed by atoms with Crippen LogP contribution in [0.5, 0.6) is 5.88 Å². The van der Waals surface area contributed by atoms with Crippen molar-refractivity contribution in [3.8, 4) is 5.88 Å². The molecular weight excluding hydrogens is 185 g/mol. The van der Waals surface area contributed by atoms with Crippen LogP contribution in [0.15, 0.2) is 6.07 Å². The standard InChI is InChI=1S/C7H9F3N2O/c1-5-4-6(12-11-5)13-3-2-7(8,9)10/h4H,2-3H2,1H3,(H,11,12). The average Bonchev–Trinajstić information content (AvgIpc) is 2.33. The maximum absolute atomic E-state index is 11.7. The van der Waals surface area contributed by atoms with Crippen molar-refractivity contribution in [2.75, 3.05) is 6.61 Å². The van der Waals surface area contributed by atoms with Gasteiger partial charge in [-0.3, -0.25) is 5.10 Å². The molecule has 74 valence electrons. The van der Waals surface area contributed by atoms with Crippen LogP contribution in [-0.2, 0) is 0 Å². The molecule has 13 heavy (non-hydrogen) atoms. The highest BCUT2D eigenvalue weighted by Crippen LogP contribution is 2.19. The minimum absolute atomic E-state index is 0.196. The first-order valence-electron chi connectivity index (χ1n) is 3.69. The lowest BCUT2D eigenvalue weighted by Gasteiger charge is -2.05. The molecule has 0 aliphatic heterocycles. The van der Waals surface area contributed by atoms with E-state index in [0.29, 0.717) is 0 Å². The van der Waals surface area contributed by atoms with E-state index >= 15 is 0 Å². The molecule has 0 saturated carbocycles. The van der Waals surface area contributed by atoms with E-state index in [1.165, 1.54) is 6.07 Å². The normalized spacial score (nSPS) is 11.7. The summed E-state index contributed by atoms with van der Waals surface area (Å²) in [4.78, 5) is 0. The second-order valence-corrected chi connectivity index (χ2v) is 2.60. The van der Waals surface area contributed by atoms with Gasteiger partial charge in [-0.05, 0) is 6.92 Å². The zero-order chi connectivity index (χ0) is 9.90. The molecule has 1 N–H and O–H groups in total. The van der Waals surface area contributed by atoms with Crippen LogP contribution in [0.1, 0.15) is 12.1 Å². The highest BCUT2D eigenvalue weighted by molar-refractivity contribution is 5.11. The molecule has 0 radical (unpaired) electrons. The molecule has 1 aromatic rings. The monoisotopic (exact) mass is 194 g/mol. The third-order valence-corrected chi connectivity index (χ3v) is 1.32. The number of hydrogen-bond donors (Lipinski definition) is 1. The minimum atomic E-state index is -4.18. The van der Waals surface area contributed by atoms with Crippen molar-refractivity contribution in [3.05, 3.63) is 11.8 Å². The summed E-state index contributed by atoms with van der Waals surface area (Å²) in [7, 11) is 0. The Morgan fingerprint density at radius 1 is 1.54 bits per heavy atom. The molecular formula is C7H9F3N2O. The highest BCUT2D eigenvalue weighted by atomic mass is 19.4. The van der Waals surface area contributed by atoms with Crippen molar-refractivity contribution in [3.63, 3.8) is 0 Å². The highest BCUT2D eigenvalue weighted by Gasteiger charge is 2.26. The summed E-state index contributed by atoms with van der Waals surface area (Å²) < 4.78 is 39.7. The van der Waals surface area contributed by atoms with Gasteiger partial charge in [0.25, 0.3) is 0 Å². The summed E-state index contributed by atoms with van der Waals surface area (Å²) in [6, 6.07) is 1.54. The second-order valence-electron chi connectivity index (χ2n) is 2.60. The van der Waals surface area contributed by atoms with Crippen LogP contribution in [0.2, 0.25) is 0 Å². The van der Waals surface area contributed by atoms with E-state index in [0.717, 1.165) is 5.69 Å². The van der Waals surface area contributed by atoms with Crippen molar-refractivity contribution in [2.45, 2.75) is 19.5 Å². The number of H-pyrrole nitrogens is 1. The largest absolute Gasteiger partial charge is 0.476 e. The number of aromatic amines is 1. The van der Waals surface area contributed by atoms with Gasteiger partial charge in [0.15, 0.2) is 0 Å². The fraction of sp³-hybridized carbons (Fsp3) is 0.571. The topological polar surface area (TPSA) is 37.9 Å². The van der Waals surface area contributed by atoms with Crippen LogP contribution in [0, 0.1) is 6.92 Å². The lowest BCUT2D eigenvalue weighted by molar-refractivity contribution is -0.139. The number of nitrogens with zero attached hydrogens (tertiary/aromatic N) is 1. The van der Waals surface area contributed by atoms with Gasteiger partial charge in [0, 0.05) is 11.8 Å². The van der Waals surface area contributed by atoms with Crippen LogP contribution in [0.3, 0.4) is 0 Å². The third kappa shape index (κ3) is 3.82. The Morgan fingerprint density at radius 3 is 2.69 bits per heavy atom. The van der Waals surface area contributed by atoms with Crippen molar-refractivity contribution >= 4 is 0 Å². The maximum atomic E-state index is 11.7. The van der Waals surface area contributed by atoms with E-state index in [1.807, 2.05) is 0 Å².